The SMILES string of the molecule is NCCN(CC1CC1)C(=O)c1ccccc1-c1ccc(F)cc1. The Kier molecular flexibility index (Phi) is 4.72. The molecule has 4 heteroatoms. The molecule has 2 N–H and O–H groups in total. The number of carbonyl (C=O) groups excluding carboxylic acids is 1. The van der Waals surface area contributed by atoms with Crippen LogP contribution >= 0.6 is 0 Å². The van der Waals surface area contributed by atoms with Gasteiger partial charge in [-0.25, -0.2) is 4.39 Å². The predicted molar refractivity (Wildman–Crippen MR) is 89.5 cm³/mol. The lowest BCUT2D eigenvalue weighted by Gasteiger charge is -2.23. The first-order valence-electron chi connectivity index (χ1n) is 8.03. The van der Waals surface area contributed by atoms with Crippen molar-refractivity contribution < 1.29 is 9.18 Å². The van der Waals surface area contributed by atoms with Crippen molar-refractivity contribution in [3.63, 3.8) is 0 Å². The van der Waals surface area contributed by atoms with Crippen LogP contribution in [0.5, 0.6) is 0 Å². The maximum atomic E-state index is 13.2. The number of carbonyl (C=O) groups is 1. The van der Waals surface area contributed by atoms with E-state index in [0.29, 0.717) is 24.6 Å². The molecule has 0 saturated heterocycles. The molecule has 1 aliphatic carbocycles. The van der Waals surface area contributed by atoms with Gasteiger partial charge in [-0.05, 0) is 48.1 Å². The lowest BCUT2D eigenvalue weighted by Crippen LogP contribution is -2.37. The third-order valence-corrected chi connectivity index (χ3v) is 4.17. The van der Waals surface area contributed by atoms with Crippen LogP contribution in [0.25, 0.3) is 11.1 Å². The number of rotatable bonds is 6. The second-order valence-electron chi connectivity index (χ2n) is 6.04. The number of halogens is 1. The number of hydrogen-bond acceptors (Lipinski definition) is 2. The maximum Gasteiger partial charge on any atom is 0.254 e. The minimum atomic E-state index is -0.281. The van der Waals surface area contributed by atoms with Crippen LogP contribution in [0.3, 0.4) is 0 Å². The topological polar surface area (TPSA) is 46.3 Å². The zero-order valence-electron chi connectivity index (χ0n) is 13.0. The highest BCUT2D eigenvalue weighted by Crippen LogP contribution is 2.31. The quantitative estimate of drug-likeness (QED) is 0.889. The van der Waals surface area contributed by atoms with E-state index in [1.807, 2.05) is 29.2 Å². The van der Waals surface area contributed by atoms with E-state index in [9.17, 15) is 9.18 Å². The molecular weight excluding hydrogens is 291 g/mol. The molecule has 0 aliphatic heterocycles. The first kappa shape index (κ1) is 15.7. The van der Waals surface area contributed by atoms with Gasteiger partial charge in [0.2, 0.25) is 0 Å². The van der Waals surface area contributed by atoms with Crippen LogP contribution < -0.4 is 5.73 Å². The van der Waals surface area contributed by atoms with Crippen LogP contribution in [0.15, 0.2) is 48.5 Å². The van der Waals surface area contributed by atoms with Crippen molar-refractivity contribution >= 4 is 5.91 Å². The zero-order chi connectivity index (χ0) is 16.2. The summed E-state index contributed by atoms with van der Waals surface area (Å²) in [6, 6.07) is 13.7. The van der Waals surface area contributed by atoms with Gasteiger partial charge in [0.25, 0.3) is 5.91 Å². The van der Waals surface area contributed by atoms with Gasteiger partial charge in [0.15, 0.2) is 0 Å². The van der Waals surface area contributed by atoms with Gasteiger partial charge in [0.05, 0.1) is 0 Å². The largest absolute Gasteiger partial charge is 0.337 e. The van der Waals surface area contributed by atoms with Crippen molar-refractivity contribution in [1.29, 1.82) is 0 Å². The van der Waals surface area contributed by atoms with E-state index in [4.69, 9.17) is 5.73 Å². The fraction of sp³-hybridized carbons (Fsp3) is 0.316. The maximum absolute atomic E-state index is 13.2. The third kappa shape index (κ3) is 3.77. The monoisotopic (exact) mass is 312 g/mol. The van der Waals surface area contributed by atoms with E-state index in [1.54, 1.807) is 12.1 Å². The van der Waals surface area contributed by atoms with Gasteiger partial charge >= 0.3 is 0 Å². The van der Waals surface area contributed by atoms with E-state index in [0.717, 1.165) is 17.7 Å². The van der Waals surface area contributed by atoms with Crippen molar-refractivity contribution in [2.75, 3.05) is 19.6 Å². The molecule has 1 fully saturated rings. The number of benzene rings is 2. The summed E-state index contributed by atoms with van der Waals surface area (Å²) < 4.78 is 13.2. The highest BCUT2D eigenvalue weighted by molar-refractivity contribution is 6.00. The van der Waals surface area contributed by atoms with Gasteiger partial charge in [-0.3, -0.25) is 4.79 Å². The van der Waals surface area contributed by atoms with Gasteiger partial charge in [0, 0.05) is 25.2 Å². The van der Waals surface area contributed by atoms with E-state index < -0.39 is 0 Å². The molecule has 0 unspecified atom stereocenters. The van der Waals surface area contributed by atoms with Gasteiger partial charge < -0.3 is 10.6 Å². The lowest BCUT2D eigenvalue weighted by atomic mass is 9.98. The minimum absolute atomic E-state index is 0.00211. The van der Waals surface area contributed by atoms with Crippen molar-refractivity contribution in [2.24, 2.45) is 11.7 Å². The second-order valence-corrected chi connectivity index (χ2v) is 6.04. The normalized spacial score (nSPS) is 13.8. The smallest absolute Gasteiger partial charge is 0.254 e. The molecule has 2 aromatic rings. The molecule has 0 heterocycles. The highest BCUT2D eigenvalue weighted by Gasteiger charge is 2.27. The standard InChI is InChI=1S/C19H21FN2O/c20-16-9-7-15(8-10-16)17-3-1-2-4-18(17)19(23)22(12-11-21)13-14-5-6-14/h1-4,7-10,14H,5-6,11-13,21H2. The van der Waals surface area contributed by atoms with Gasteiger partial charge in [0.1, 0.15) is 5.82 Å². The molecule has 23 heavy (non-hydrogen) atoms. The highest BCUT2D eigenvalue weighted by atomic mass is 19.1. The Morgan fingerprint density at radius 3 is 2.48 bits per heavy atom. The van der Waals surface area contributed by atoms with Crippen LogP contribution in [0.2, 0.25) is 0 Å². The Bertz CT molecular complexity index is 680. The first-order chi connectivity index (χ1) is 11.2. The second kappa shape index (κ2) is 6.92. The molecule has 3 nitrogen and oxygen atoms in total. The average molecular weight is 312 g/mol. The molecule has 1 amide bonds. The molecule has 1 saturated carbocycles. The molecule has 0 atom stereocenters. The van der Waals surface area contributed by atoms with Crippen molar-refractivity contribution in [1.82, 2.24) is 4.90 Å². The molecule has 120 valence electrons. The Morgan fingerprint density at radius 1 is 1.13 bits per heavy atom. The van der Waals surface area contributed by atoms with Crippen LogP contribution in [-0.4, -0.2) is 30.4 Å². The molecule has 1 aliphatic rings. The molecule has 0 bridgehead atoms. The lowest BCUT2D eigenvalue weighted by molar-refractivity contribution is 0.0753. The average Bonchev–Trinajstić information content (AvgIpc) is 3.39. The Hall–Kier alpha value is -2.20. The Morgan fingerprint density at radius 2 is 1.83 bits per heavy atom. The predicted octanol–water partition coefficient (Wildman–Crippen LogP) is 3.30. The summed E-state index contributed by atoms with van der Waals surface area (Å²) in [7, 11) is 0. The Labute approximate surface area is 135 Å². The van der Waals surface area contributed by atoms with Crippen LogP contribution in [0, 0.1) is 11.7 Å². The summed E-state index contributed by atoms with van der Waals surface area (Å²) in [5.74, 6) is 0.335. The number of hydrogen-bond donors (Lipinski definition) is 1. The summed E-state index contributed by atoms with van der Waals surface area (Å²) in [4.78, 5) is 14.8. The molecule has 0 aromatic heterocycles. The summed E-state index contributed by atoms with van der Waals surface area (Å²) in [6.07, 6.45) is 2.38. The number of amides is 1. The number of nitrogens with zero attached hydrogens (tertiary/aromatic N) is 1. The molecule has 2 aromatic carbocycles. The zero-order valence-corrected chi connectivity index (χ0v) is 13.0. The van der Waals surface area contributed by atoms with E-state index in [1.165, 1.54) is 25.0 Å². The summed E-state index contributed by atoms with van der Waals surface area (Å²) in [5, 5.41) is 0. The summed E-state index contributed by atoms with van der Waals surface area (Å²) in [5.41, 5.74) is 7.99. The molecular formula is C19H21FN2O. The number of nitrogens with two attached hydrogens (primary N) is 1. The van der Waals surface area contributed by atoms with Gasteiger partial charge in [-0.1, -0.05) is 30.3 Å². The van der Waals surface area contributed by atoms with E-state index in [2.05, 4.69) is 0 Å². The fourth-order valence-corrected chi connectivity index (χ4v) is 2.76. The van der Waals surface area contributed by atoms with E-state index >= 15 is 0 Å². The van der Waals surface area contributed by atoms with Crippen molar-refractivity contribution in [3.05, 3.63) is 59.9 Å². The third-order valence-electron chi connectivity index (χ3n) is 4.17. The van der Waals surface area contributed by atoms with Crippen LogP contribution in [-0.2, 0) is 0 Å². The summed E-state index contributed by atoms with van der Waals surface area (Å²) >= 11 is 0. The van der Waals surface area contributed by atoms with Crippen molar-refractivity contribution in [2.45, 2.75) is 12.8 Å². The van der Waals surface area contributed by atoms with Crippen LogP contribution in [0.1, 0.15) is 23.2 Å². The summed E-state index contributed by atoms with van der Waals surface area (Å²) in [6.45, 7) is 1.79. The van der Waals surface area contributed by atoms with Gasteiger partial charge in [-0.15, -0.1) is 0 Å². The van der Waals surface area contributed by atoms with Gasteiger partial charge in [-0.2, -0.15) is 0 Å². The first-order valence-corrected chi connectivity index (χ1v) is 8.03. The molecule has 3 rings (SSSR count). The Balaban J connectivity index is 1.91. The molecule has 0 radical (unpaired) electrons. The van der Waals surface area contributed by atoms with Crippen LogP contribution in [0.4, 0.5) is 4.39 Å². The van der Waals surface area contributed by atoms with E-state index in [-0.39, 0.29) is 11.7 Å². The fourth-order valence-electron chi connectivity index (χ4n) is 2.76. The molecule has 0 spiro atoms. The minimum Gasteiger partial charge on any atom is -0.337 e. The van der Waals surface area contributed by atoms with Crippen molar-refractivity contribution in [3.8, 4) is 11.1 Å².